The minimum absolute atomic E-state index is 0.209. The number of carbonyl (C=O) groups is 2. The highest BCUT2D eigenvalue weighted by atomic mass is 32.2. The molecular formula is C24H28N4O3S. The van der Waals surface area contributed by atoms with Crippen LogP contribution in [0.3, 0.4) is 0 Å². The molecule has 1 aromatic heterocycles. The number of thioether (sulfide) groups is 1. The number of hydrogen-bond acceptors (Lipinski definition) is 4. The summed E-state index contributed by atoms with van der Waals surface area (Å²) in [6.07, 6.45) is 2.39. The van der Waals surface area contributed by atoms with Crippen LogP contribution in [0.25, 0.3) is 5.69 Å². The summed E-state index contributed by atoms with van der Waals surface area (Å²) in [6.45, 7) is 3.68. The van der Waals surface area contributed by atoms with Gasteiger partial charge in [-0.1, -0.05) is 35.9 Å². The summed E-state index contributed by atoms with van der Waals surface area (Å²) in [5.74, 6) is -0.0405. The van der Waals surface area contributed by atoms with Gasteiger partial charge in [-0.05, 0) is 56.5 Å². The fourth-order valence-electron chi connectivity index (χ4n) is 3.45. The summed E-state index contributed by atoms with van der Waals surface area (Å²) in [5, 5.41) is 5.60. The number of anilines is 1. The summed E-state index contributed by atoms with van der Waals surface area (Å²) in [6, 6.07) is 15.7. The lowest BCUT2D eigenvalue weighted by Crippen LogP contribution is -2.44. The van der Waals surface area contributed by atoms with Crippen LogP contribution in [-0.4, -0.2) is 39.2 Å². The highest BCUT2D eigenvalue weighted by molar-refractivity contribution is 7.98. The number of hydrogen-bond donors (Lipinski definition) is 2. The lowest BCUT2D eigenvalue weighted by atomic mass is 10.1. The number of para-hydroxylation sites is 1. The molecular weight excluding hydrogens is 424 g/mol. The zero-order valence-electron chi connectivity index (χ0n) is 18.7. The van der Waals surface area contributed by atoms with Gasteiger partial charge in [0.2, 0.25) is 5.91 Å². The van der Waals surface area contributed by atoms with Crippen molar-refractivity contribution in [3.63, 3.8) is 0 Å². The van der Waals surface area contributed by atoms with Crippen molar-refractivity contribution < 1.29 is 9.59 Å². The lowest BCUT2D eigenvalue weighted by molar-refractivity contribution is -0.118. The Kier molecular flexibility index (Phi) is 7.58. The number of nitrogens with one attached hydrogen (secondary N) is 2. The van der Waals surface area contributed by atoms with Gasteiger partial charge in [0.05, 0.1) is 11.4 Å². The molecule has 0 saturated heterocycles. The zero-order chi connectivity index (χ0) is 23.3. The van der Waals surface area contributed by atoms with E-state index in [-0.39, 0.29) is 17.2 Å². The Bertz CT molecular complexity index is 1170. The van der Waals surface area contributed by atoms with Crippen LogP contribution in [0.2, 0.25) is 0 Å². The predicted octanol–water partition coefficient (Wildman–Crippen LogP) is 3.28. The van der Waals surface area contributed by atoms with Crippen LogP contribution in [-0.2, 0) is 11.8 Å². The number of amides is 2. The van der Waals surface area contributed by atoms with E-state index < -0.39 is 11.9 Å². The van der Waals surface area contributed by atoms with Crippen LogP contribution in [0.5, 0.6) is 0 Å². The van der Waals surface area contributed by atoms with Crippen molar-refractivity contribution in [2.45, 2.75) is 26.3 Å². The third-order valence-corrected chi connectivity index (χ3v) is 5.96. The molecule has 7 nitrogen and oxygen atoms in total. The lowest BCUT2D eigenvalue weighted by Gasteiger charge is -2.18. The molecule has 0 spiro atoms. The molecule has 2 amide bonds. The number of aryl methyl sites for hydroxylation is 1. The summed E-state index contributed by atoms with van der Waals surface area (Å²) in [5.41, 5.74) is 2.67. The minimum Gasteiger partial charge on any atom is -0.340 e. The molecule has 8 heteroatoms. The summed E-state index contributed by atoms with van der Waals surface area (Å²) < 4.78 is 3.21. The molecule has 1 unspecified atom stereocenters. The van der Waals surface area contributed by atoms with E-state index in [2.05, 4.69) is 10.6 Å². The summed E-state index contributed by atoms with van der Waals surface area (Å²) >= 11 is 1.59. The van der Waals surface area contributed by atoms with E-state index in [1.54, 1.807) is 48.6 Å². The largest absolute Gasteiger partial charge is 0.340 e. The number of aromatic nitrogens is 2. The fourth-order valence-corrected chi connectivity index (χ4v) is 3.93. The third-order valence-electron chi connectivity index (χ3n) is 5.32. The highest BCUT2D eigenvalue weighted by Crippen LogP contribution is 2.15. The molecule has 3 rings (SSSR count). The van der Waals surface area contributed by atoms with E-state index in [0.717, 1.165) is 5.56 Å². The summed E-state index contributed by atoms with van der Waals surface area (Å²) in [7, 11) is 1.77. The fraction of sp³-hybridized carbons (Fsp3) is 0.292. The Morgan fingerprint density at radius 2 is 1.78 bits per heavy atom. The predicted molar refractivity (Wildman–Crippen MR) is 130 cm³/mol. The SMILES string of the molecule is CSCCC(NC(=O)c1cccc(C)c1)C(=O)Nc1c(C)n(C)n(-c2ccccc2)c1=O. The van der Waals surface area contributed by atoms with Gasteiger partial charge in [-0.15, -0.1) is 0 Å². The van der Waals surface area contributed by atoms with Gasteiger partial charge < -0.3 is 10.6 Å². The normalized spacial score (nSPS) is 11.8. The molecule has 0 radical (unpaired) electrons. The average Bonchev–Trinajstić information content (AvgIpc) is 3.00. The Morgan fingerprint density at radius 1 is 1.06 bits per heavy atom. The quantitative estimate of drug-likeness (QED) is 0.549. The molecule has 1 heterocycles. The number of benzene rings is 2. The Hall–Kier alpha value is -3.26. The van der Waals surface area contributed by atoms with Crippen molar-refractivity contribution in [2.24, 2.45) is 7.05 Å². The Balaban J connectivity index is 1.85. The average molecular weight is 453 g/mol. The van der Waals surface area contributed by atoms with Crippen molar-refractivity contribution in [1.29, 1.82) is 0 Å². The maximum atomic E-state index is 13.1. The van der Waals surface area contributed by atoms with Crippen molar-refractivity contribution >= 4 is 29.3 Å². The first-order chi connectivity index (χ1) is 15.3. The highest BCUT2D eigenvalue weighted by Gasteiger charge is 2.25. The maximum Gasteiger partial charge on any atom is 0.295 e. The molecule has 168 valence electrons. The molecule has 2 N–H and O–H groups in total. The number of nitrogens with zero attached hydrogens (tertiary/aromatic N) is 2. The van der Waals surface area contributed by atoms with Crippen molar-refractivity contribution in [3.05, 3.63) is 81.8 Å². The molecule has 1 atom stereocenters. The second kappa shape index (κ2) is 10.4. The van der Waals surface area contributed by atoms with Crippen LogP contribution in [0.15, 0.2) is 59.4 Å². The maximum absolute atomic E-state index is 13.1. The first kappa shape index (κ1) is 23.4. The number of rotatable bonds is 8. The molecule has 2 aromatic carbocycles. The van der Waals surface area contributed by atoms with Gasteiger partial charge >= 0.3 is 0 Å². The van der Waals surface area contributed by atoms with Crippen molar-refractivity contribution in [2.75, 3.05) is 17.3 Å². The monoisotopic (exact) mass is 452 g/mol. The van der Waals surface area contributed by atoms with Gasteiger partial charge in [0.15, 0.2) is 0 Å². The van der Waals surface area contributed by atoms with Crippen LogP contribution >= 0.6 is 11.8 Å². The topological polar surface area (TPSA) is 85.1 Å². The van der Waals surface area contributed by atoms with Crippen LogP contribution < -0.4 is 16.2 Å². The van der Waals surface area contributed by atoms with E-state index in [9.17, 15) is 14.4 Å². The molecule has 0 bridgehead atoms. The van der Waals surface area contributed by atoms with E-state index >= 15 is 0 Å². The summed E-state index contributed by atoms with van der Waals surface area (Å²) in [4.78, 5) is 39.0. The van der Waals surface area contributed by atoms with E-state index in [4.69, 9.17) is 0 Å². The van der Waals surface area contributed by atoms with Crippen LogP contribution in [0.4, 0.5) is 5.69 Å². The van der Waals surface area contributed by atoms with E-state index in [1.807, 2.05) is 49.6 Å². The van der Waals surface area contributed by atoms with Gasteiger partial charge in [-0.25, -0.2) is 4.68 Å². The molecule has 0 aliphatic carbocycles. The van der Waals surface area contributed by atoms with Gasteiger partial charge in [-0.3, -0.25) is 19.1 Å². The number of carbonyl (C=O) groups excluding carboxylic acids is 2. The zero-order valence-corrected chi connectivity index (χ0v) is 19.5. The first-order valence-electron chi connectivity index (χ1n) is 10.3. The molecule has 0 aliphatic rings. The van der Waals surface area contributed by atoms with E-state index in [0.29, 0.717) is 29.1 Å². The molecule has 32 heavy (non-hydrogen) atoms. The molecule has 0 fully saturated rings. The van der Waals surface area contributed by atoms with Crippen molar-refractivity contribution in [1.82, 2.24) is 14.7 Å². The smallest absolute Gasteiger partial charge is 0.295 e. The minimum atomic E-state index is -0.764. The van der Waals surface area contributed by atoms with Gasteiger partial charge in [0.1, 0.15) is 11.7 Å². The van der Waals surface area contributed by atoms with Gasteiger partial charge in [-0.2, -0.15) is 11.8 Å². The molecule has 0 aliphatic heterocycles. The standard InChI is InChI=1S/C24H28N4O3S/c1-16-9-8-10-18(15-16)22(29)25-20(13-14-32-4)23(30)26-21-17(2)27(3)28(24(21)31)19-11-6-5-7-12-19/h5-12,15,20H,13-14H2,1-4H3,(H,25,29)(H,26,30). The second-order valence-electron chi connectivity index (χ2n) is 7.60. The Labute approximate surface area is 191 Å². The van der Waals surface area contributed by atoms with Crippen LogP contribution in [0.1, 0.15) is 28.0 Å². The van der Waals surface area contributed by atoms with Crippen molar-refractivity contribution in [3.8, 4) is 5.69 Å². The van der Waals surface area contributed by atoms with E-state index in [1.165, 1.54) is 4.68 Å². The first-order valence-corrected chi connectivity index (χ1v) is 11.7. The van der Waals surface area contributed by atoms with Gasteiger partial charge in [0, 0.05) is 12.6 Å². The van der Waals surface area contributed by atoms with Gasteiger partial charge in [0.25, 0.3) is 11.5 Å². The molecule has 0 saturated carbocycles. The Morgan fingerprint density at radius 3 is 2.44 bits per heavy atom. The van der Waals surface area contributed by atoms with Crippen LogP contribution in [0, 0.1) is 13.8 Å². The second-order valence-corrected chi connectivity index (χ2v) is 8.59. The molecule has 3 aromatic rings. The third kappa shape index (κ3) is 5.13.